The Morgan fingerprint density at radius 3 is 2.50 bits per heavy atom. The fourth-order valence-corrected chi connectivity index (χ4v) is 3.88. The van der Waals surface area contributed by atoms with Crippen LogP contribution >= 0.6 is 0 Å². The van der Waals surface area contributed by atoms with Crippen molar-refractivity contribution in [3.05, 3.63) is 102 Å². The van der Waals surface area contributed by atoms with E-state index in [2.05, 4.69) is 33.4 Å². The number of aromatic nitrogens is 2. The van der Waals surface area contributed by atoms with Crippen LogP contribution in [0.3, 0.4) is 0 Å². The lowest BCUT2D eigenvalue weighted by Gasteiger charge is -2.10. The normalized spacial score (nSPS) is 11.5. The number of fused-ring (bicyclic) bond motifs is 2. The molecule has 0 fully saturated rings. The second kappa shape index (κ2) is 8.07. The minimum Gasteiger partial charge on any atom is -0.493 e. The topological polar surface area (TPSA) is 79.8 Å². The standard InChI is InChI=1S/C26H20N4O2/c1-17-13-14-19(15-27-17)25(31)29-28-24-22-11-4-5-12-23(22)30(26(24)32)16-20-9-6-8-18-7-2-3-10-21(18)20/h2-15,32H,16H2,1H3. The maximum atomic E-state index is 12.4. The predicted molar refractivity (Wildman–Crippen MR) is 124 cm³/mol. The molecule has 2 aromatic heterocycles. The van der Waals surface area contributed by atoms with Gasteiger partial charge in [0.2, 0.25) is 5.88 Å². The van der Waals surface area contributed by atoms with Crippen molar-refractivity contribution in [2.24, 2.45) is 10.2 Å². The van der Waals surface area contributed by atoms with E-state index in [0.717, 1.165) is 32.9 Å². The highest BCUT2D eigenvalue weighted by Crippen LogP contribution is 2.39. The molecule has 0 bridgehead atoms. The van der Waals surface area contributed by atoms with Crippen LogP contribution in [0, 0.1) is 6.92 Å². The molecular weight excluding hydrogens is 400 g/mol. The van der Waals surface area contributed by atoms with Crippen molar-refractivity contribution in [2.75, 3.05) is 0 Å². The molecule has 0 spiro atoms. The van der Waals surface area contributed by atoms with Crippen LogP contribution in [0.15, 0.2) is 95.3 Å². The Kier molecular flexibility index (Phi) is 4.95. The number of azo groups is 1. The summed E-state index contributed by atoms with van der Waals surface area (Å²) in [7, 11) is 0. The molecular formula is C26H20N4O2. The number of nitrogens with zero attached hydrogens (tertiary/aromatic N) is 4. The van der Waals surface area contributed by atoms with Crippen molar-refractivity contribution >= 4 is 33.3 Å². The number of aromatic hydroxyl groups is 1. The molecule has 2 heterocycles. The molecule has 1 N–H and O–H groups in total. The summed E-state index contributed by atoms with van der Waals surface area (Å²) in [6.45, 7) is 2.30. The highest BCUT2D eigenvalue weighted by Gasteiger charge is 2.18. The number of rotatable bonds is 4. The Balaban J connectivity index is 1.56. The first-order valence-corrected chi connectivity index (χ1v) is 10.3. The molecule has 0 saturated heterocycles. The van der Waals surface area contributed by atoms with Gasteiger partial charge in [0.15, 0.2) is 5.69 Å². The lowest BCUT2D eigenvalue weighted by atomic mass is 10.0. The van der Waals surface area contributed by atoms with Gasteiger partial charge in [0.25, 0.3) is 5.91 Å². The van der Waals surface area contributed by atoms with Gasteiger partial charge in [0.1, 0.15) is 0 Å². The Labute approximate surface area is 184 Å². The Morgan fingerprint density at radius 1 is 0.938 bits per heavy atom. The summed E-state index contributed by atoms with van der Waals surface area (Å²) in [6.07, 6.45) is 1.47. The minimum atomic E-state index is -0.511. The first-order valence-electron chi connectivity index (χ1n) is 10.3. The van der Waals surface area contributed by atoms with E-state index in [9.17, 15) is 9.90 Å². The third kappa shape index (κ3) is 3.52. The summed E-state index contributed by atoms with van der Waals surface area (Å²) in [6, 6.07) is 25.2. The molecule has 32 heavy (non-hydrogen) atoms. The molecule has 5 rings (SSSR count). The van der Waals surface area contributed by atoms with Crippen molar-refractivity contribution in [1.29, 1.82) is 0 Å². The van der Waals surface area contributed by atoms with E-state index in [0.29, 0.717) is 12.1 Å². The van der Waals surface area contributed by atoms with E-state index in [4.69, 9.17) is 0 Å². The van der Waals surface area contributed by atoms with E-state index in [1.165, 1.54) is 6.20 Å². The highest BCUT2D eigenvalue weighted by molar-refractivity contribution is 5.97. The molecule has 5 aromatic rings. The van der Waals surface area contributed by atoms with Crippen molar-refractivity contribution in [3.63, 3.8) is 0 Å². The largest absolute Gasteiger partial charge is 0.493 e. The summed E-state index contributed by atoms with van der Waals surface area (Å²) in [5.74, 6) is -0.541. The molecule has 0 aliphatic heterocycles. The van der Waals surface area contributed by atoms with Crippen molar-refractivity contribution < 1.29 is 9.90 Å². The Morgan fingerprint density at radius 2 is 1.69 bits per heavy atom. The lowest BCUT2D eigenvalue weighted by Crippen LogP contribution is -1.99. The van der Waals surface area contributed by atoms with Gasteiger partial charge in [-0.2, -0.15) is 0 Å². The highest BCUT2D eigenvalue weighted by atomic mass is 16.3. The van der Waals surface area contributed by atoms with Gasteiger partial charge >= 0.3 is 0 Å². The summed E-state index contributed by atoms with van der Waals surface area (Å²) in [5.41, 5.74) is 3.32. The van der Waals surface area contributed by atoms with Crippen LogP contribution in [-0.4, -0.2) is 20.6 Å². The van der Waals surface area contributed by atoms with Gasteiger partial charge in [0.05, 0.1) is 17.6 Å². The van der Waals surface area contributed by atoms with Gasteiger partial charge < -0.3 is 9.67 Å². The fraction of sp³-hybridized carbons (Fsp3) is 0.0769. The minimum absolute atomic E-state index is 0.0299. The van der Waals surface area contributed by atoms with Crippen molar-refractivity contribution in [1.82, 2.24) is 9.55 Å². The molecule has 0 aliphatic rings. The Hall–Kier alpha value is -4.32. The summed E-state index contributed by atoms with van der Waals surface area (Å²) < 4.78 is 1.80. The number of hydrogen-bond acceptors (Lipinski definition) is 4. The number of hydrogen-bond donors (Lipinski definition) is 1. The average molecular weight is 420 g/mol. The van der Waals surface area contributed by atoms with Gasteiger partial charge in [-0.15, -0.1) is 10.2 Å². The van der Waals surface area contributed by atoms with Crippen LogP contribution in [0.1, 0.15) is 21.6 Å². The molecule has 0 aliphatic carbocycles. The van der Waals surface area contributed by atoms with Crippen LogP contribution in [0.25, 0.3) is 21.7 Å². The van der Waals surface area contributed by atoms with E-state index >= 15 is 0 Å². The van der Waals surface area contributed by atoms with Crippen LogP contribution in [0.4, 0.5) is 5.69 Å². The third-order valence-corrected chi connectivity index (χ3v) is 5.52. The second-order valence-electron chi connectivity index (χ2n) is 7.61. The number of carbonyl (C=O) groups excluding carboxylic acids is 1. The number of aryl methyl sites for hydroxylation is 1. The number of carbonyl (C=O) groups is 1. The average Bonchev–Trinajstić information content (AvgIpc) is 3.09. The molecule has 156 valence electrons. The summed E-state index contributed by atoms with van der Waals surface area (Å²) >= 11 is 0. The fourth-order valence-electron chi connectivity index (χ4n) is 3.88. The van der Waals surface area contributed by atoms with Crippen LogP contribution in [0.2, 0.25) is 0 Å². The quantitative estimate of drug-likeness (QED) is 0.353. The first-order chi connectivity index (χ1) is 15.6. The monoisotopic (exact) mass is 420 g/mol. The SMILES string of the molecule is Cc1ccc(C(=O)N=Nc2c(O)n(Cc3cccc4ccccc34)c3ccccc23)cn1. The zero-order valence-corrected chi connectivity index (χ0v) is 17.4. The second-order valence-corrected chi connectivity index (χ2v) is 7.61. The molecule has 0 unspecified atom stereocenters. The molecule has 0 atom stereocenters. The third-order valence-electron chi connectivity index (χ3n) is 5.52. The molecule has 1 amide bonds. The van der Waals surface area contributed by atoms with Crippen molar-refractivity contribution in [2.45, 2.75) is 13.5 Å². The van der Waals surface area contributed by atoms with Gasteiger partial charge in [0, 0.05) is 17.3 Å². The van der Waals surface area contributed by atoms with Crippen molar-refractivity contribution in [3.8, 4) is 5.88 Å². The van der Waals surface area contributed by atoms with E-state index in [1.807, 2.05) is 55.5 Å². The number of para-hydroxylation sites is 1. The predicted octanol–water partition coefficient (Wildman–Crippen LogP) is 6.18. The Bertz CT molecular complexity index is 1480. The van der Waals surface area contributed by atoms with Gasteiger partial charge in [-0.05, 0) is 41.5 Å². The smallest absolute Gasteiger partial charge is 0.296 e. The summed E-state index contributed by atoms with van der Waals surface area (Å²) in [5, 5.41) is 22.0. The molecule has 3 aromatic carbocycles. The first kappa shape index (κ1) is 19.6. The van der Waals surface area contributed by atoms with Gasteiger partial charge in [-0.1, -0.05) is 60.7 Å². The van der Waals surface area contributed by atoms with Gasteiger partial charge in [-0.25, -0.2) is 0 Å². The maximum absolute atomic E-state index is 12.4. The van der Waals surface area contributed by atoms with Crippen LogP contribution in [-0.2, 0) is 6.54 Å². The number of pyridine rings is 1. The number of benzene rings is 3. The summed E-state index contributed by atoms with van der Waals surface area (Å²) in [4.78, 5) is 16.6. The lowest BCUT2D eigenvalue weighted by molar-refractivity contribution is 0.0994. The zero-order valence-electron chi connectivity index (χ0n) is 17.4. The molecule has 6 nitrogen and oxygen atoms in total. The number of amides is 1. The molecule has 6 heteroatoms. The van der Waals surface area contributed by atoms with Crippen LogP contribution < -0.4 is 0 Å². The van der Waals surface area contributed by atoms with Gasteiger partial charge in [-0.3, -0.25) is 9.78 Å². The zero-order chi connectivity index (χ0) is 22.1. The van der Waals surface area contributed by atoms with E-state index in [-0.39, 0.29) is 11.6 Å². The maximum Gasteiger partial charge on any atom is 0.296 e. The van der Waals surface area contributed by atoms with Crippen LogP contribution in [0.5, 0.6) is 5.88 Å². The molecule has 0 saturated carbocycles. The van der Waals surface area contributed by atoms with E-state index in [1.54, 1.807) is 16.7 Å². The van der Waals surface area contributed by atoms with E-state index < -0.39 is 5.91 Å². The molecule has 0 radical (unpaired) electrons.